The molecule has 38 heavy (non-hydrogen) atoms. The van der Waals surface area contributed by atoms with Gasteiger partial charge in [0.05, 0.1) is 50.8 Å². The standard InChI is InChI=1S/C34H24N4/c1-21(2)36-30-14-8-12-26-32-29(38(33(26)30)28-17-15-22(20-35)19-31(28)36)18-16-25-24-11-6-7-13-27(24)37(34(25)32)23-9-4-3-5-10-23/h3-19,21H,1-2H3. The Morgan fingerprint density at radius 2 is 1.39 bits per heavy atom. The largest absolute Gasteiger partial charge is 0.335 e. The number of fused-ring (bicyclic) bond motifs is 9. The van der Waals surface area contributed by atoms with Crippen LogP contribution in [-0.2, 0) is 0 Å². The second-order valence-electron chi connectivity index (χ2n) is 10.3. The molecule has 0 N–H and O–H groups in total. The van der Waals surface area contributed by atoms with E-state index in [9.17, 15) is 5.26 Å². The first-order valence-corrected chi connectivity index (χ1v) is 13.1. The van der Waals surface area contributed by atoms with Crippen LogP contribution in [0.4, 0.5) is 11.4 Å². The Kier molecular flexibility index (Phi) is 4.17. The van der Waals surface area contributed by atoms with Crippen LogP contribution in [0.3, 0.4) is 0 Å². The third kappa shape index (κ3) is 2.58. The quantitative estimate of drug-likeness (QED) is 0.244. The Morgan fingerprint density at radius 1 is 0.605 bits per heavy atom. The predicted molar refractivity (Wildman–Crippen MR) is 157 cm³/mol. The normalized spacial score (nSPS) is 12.6. The van der Waals surface area contributed by atoms with Gasteiger partial charge in [-0.1, -0.05) is 54.6 Å². The summed E-state index contributed by atoms with van der Waals surface area (Å²) in [6.45, 7) is 4.43. The van der Waals surface area contributed by atoms with Crippen molar-refractivity contribution in [1.29, 1.82) is 5.26 Å². The maximum atomic E-state index is 9.69. The summed E-state index contributed by atoms with van der Waals surface area (Å²) in [4.78, 5) is 2.38. The molecule has 0 radical (unpaired) electrons. The van der Waals surface area contributed by atoms with Gasteiger partial charge in [0.2, 0.25) is 0 Å². The van der Waals surface area contributed by atoms with Gasteiger partial charge in [-0.3, -0.25) is 0 Å². The molecule has 0 atom stereocenters. The number of rotatable bonds is 2. The highest BCUT2D eigenvalue weighted by molar-refractivity contribution is 6.28. The number of benzene rings is 5. The van der Waals surface area contributed by atoms with Gasteiger partial charge in [0, 0.05) is 33.3 Å². The molecule has 0 bridgehead atoms. The van der Waals surface area contributed by atoms with E-state index in [0.29, 0.717) is 5.56 Å². The van der Waals surface area contributed by atoms with Crippen molar-refractivity contribution in [1.82, 2.24) is 9.13 Å². The molecule has 180 valence electrons. The molecule has 0 spiro atoms. The van der Waals surface area contributed by atoms with Crippen LogP contribution in [0.15, 0.2) is 103 Å². The molecular weight excluding hydrogens is 464 g/mol. The summed E-state index contributed by atoms with van der Waals surface area (Å²) >= 11 is 0. The fourth-order valence-electron chi connectivity index (χ4n) is 6.54. The first-order valence-electron chi connectivity index (χ1n) is 13.1. The van der Waals surface area contributed by atoms with Crippen molar-refractivity contribution in [2.75, 3.05) is 4.90 Å². The van der Waals surface area contributed by atoms with Crippen LogP contribution >= 0.6 is 0 Å². The Bertz CT molecular complexity index is 2120. The topological polar surface area (TPSA) is 36.9 Å². The van der Waals surface area contributed by atoms with E-state index < -0.39 is 0 Å². The fraction of sp³-hybridized carbons (Fsp3) is 0.0882. The van der Waals surface area contributed by atoms with Gasteiger partial charge in [0.1, 0.15) is 0 Å². The minimum atomic E-state index is 0.232. The second-order valence-corrected chi connectivity index (χ2v) is 10.3. The van der Waals surface area contributed by atoms with E-state index >= 15 is 0 Å². The summed E-state index contributed by atoms with van der Waals surface area (Å²) in [7, 11) is 0. The molecule has 4 nitrogen and oxygen atoms in total. The van der Waals surface area contributed by atoms with E-state index in [1.165, 1.54) is 49.3 Å². The monoisotopic (exact) mass is 488 g/mol. The van der Waals surface area contributed by atoms with Crippen LogP contribution in [0, 0.1) is 11.3 Å². The summed E-state index contributed by atoms with van der Waals surface area (Å²) < 4.78 is 4.82. The molecule has 1 aliphatic heterocycles. The van der Waals surface area contributed by atoms with Gasteiger partial charge >= 0.3 is 0 Å². The molecule has 5 aromatic carbocycles. The Balaban J connectivity index is 1.64. The van der Waals surface area contributed by atoms with Crippen molar-refractivity contribution in [2.24, 2.45) is 0 Å². The molecular formula is C34H24N4. The van der Waals surface area contributed by atoms with Crippen molar-refractivity contribution in [3.63, 3.8) is 0 Å². The molecule has 8 rings (SSSR count). The lowest BCUT2D eigenvalue weighted by Gasteiger charge is -2.36. The first kappa shape index (κ1) is 21.1. The van der Waals surface area contributed by atoms with Gasteiger partial charge in [0.15, 0.2) is 0 Å². The van der Waals surface area contributed by atoms with Crippen molar-refractivity contribution in [3.8, 4) is 17.4 Å². The zero-order valence-corrected chi connectivity index (χ0v) is 21.2. The average molecular weight is 489 g/mol. The minimum absolute atomic E-state index is 0.232. The van der Waals surface area contributed by atoms with Gasteiger partial charge in [-0.05, 0) is 62.4 Å². The number of nitrogens with zero attached hydrogens (tertiary/aromatic N) is 4. The lowest BCUT2D eigenvalue weighted by molar-refractivity contribution is 0.781. The number of hydrogen-bond donors (Lipinski definition) is 0. The van der Waals surface area contributed by atoms with Crippen LogP contribution in [0.2, 0.25) is 0 Å². The van der Waals surface area contributed by atoms with E-state index in [1.807, 2.05) is 12.1 Å². The third-order valence-corrected chi connectivity index (χ3v) is 7.96. The summed E-state index contributed by atoms with van der Waals surface area (Å²) in [6.07, 6.45) is 0. The summed E-state index contributed by atoms with van der Waals surface area (Å²) in [6, 6.07) is 39.2. The van der Waals surface area contributed by atoms with Gasteiger partial charge in [-0.2, -0.15) is 5.26 Å². The van der Waals surface area contributed by atoms with E-state index in [4.69, 9.17) is 0 Å². The molecule has 0 saturated carbocycles. The van der Waals surface area contributed by atoms with E-state index in [-0.39, 0.29) is 6.04 Å². The number of aromatic nitrogens is 2. The van der Waals surface area contributed by atoms with E-state index in [0.717, 1.165) is 17.1 Å². The molecule has 0 aliphatic carbocycles. The van der Waals surface area contributed by atoms with E-state index in [2.05, 4.69) is 125 Å². The lowest BCUT2D eigenvalue weighted by Crippen LogP contribution is -2.29. The van der Waals surface area contributed by atoms with E-state index in [1.54, 1.807) is 0 Å². The Hall–Kier alpha value is -5.01. The summed E-state index contributed by atoms with van der Waals surface area (Å²) in [5.41, 5.74) is 10.00. The number of nitriles is 1. The molecule has 7 aromatic rings. The summed E-state index contributed by atoms with van der Waals surface area (Å²) in [5, 5.41) is 14.7. The maximum absolute atomic E-state index is 9.69. The SMILES string of the molecule is CC(C)N1c2cc(C#N)ccc2-n2c3ccc4c5ccccc5n(-c5ccccc5)c4c3c3cccc1c32. The maximum Gasteiger partial charge on any atom is 0.0992 e. The zero-order valence-electron chi connectivity index (χ0n) is 21.2. The van der Waals surface area contributed by atoms with Crippen molar-refractivity contribution in [3.05, 3.63) is 109 Å². The van der Waals surface area contributed by atoms with Gasteiger partial charge < -0.3 is 14.0 Å². The third-order valence-electron chi connectivity index (χ3n) is 7.96. The van der Waals surface area contributed by atoms with Crippen LogP contribution in [-0.4, -0.2) is 15.2 Å². The molecule has 0 unspecified atom stereocenters. The predicted octanol–water partition coefficient (Wildman–Crippen LogP) is 8.61. The molecule has 0 saturated heterocycles. The van der Waals surface area contributed by atoms with Crippen LogP contribution in [0.1, 0.15) is 19.4 Å². The number of anilines is 2. The Morgan fingerprint density at radius 3 is 2.21 bits per heavy atom. The first-order chi connectivity index (χ1) is 18.7. The van der Waals surface area contributed by atoms with Crippen molar-refractivity contribution in [2.45, 2.75) is 19.9 Å². The van der Waals surface area contributed by atoms with Crippen LogP contribution < -0.4 is 4.90 Å². The molecule has 3 heterocycles. The highest BCUT2D eigenvalue weighted by Gasteiger charge is 2.30. The van der Waals surface area contributed by atoms with Gasteiger partial charge in [-0.25, -0.2) is 0 Å². The average Bonchev–Trinajstić information content (AvgIpc) is 3.47. The van der Waals surface area contributed by atoms with Crippen molar-refractivity contribution >= 4 is 55.0 Å². The smallest absolute Gasteiger partial charge is 0.0992 e. The molecule has 0 fully saturated rings. The Labute approximate surface area is 220 Å². The second kappa shape index (κ2) is 7.50. The molecule has 0 amide bonds. The minimum Gasteiger partial charge on any atom is -0.335 e. The molecule has 4 heteroatoms. The zero-order chi connectivity index (χ0) is 25.5. The lowest BCUT2D eigenvalue weighted by atomic mass is 10.0. The van der Waals surface area contributed by atoms with Crippen LogP contribution in [0.25, 0.3) is 55.0 Å². The highest BCUT2D eigenvalue weighted by atomic mass is 15.2. The fourth-order valence-corrected chi connectivity index (χ4v) is 6.54. The van der Waals surface area contributed by atoms with Gasteiger partial charge in [-0.15, -0.1) is 0 Å². The number of hydrogen-bond acceptors (Lipinski definition) is 2. The molecule has 1 aliphatic rings. The summed E-state index contributed by atoms with van der Waals surface area (Å²) in [5.74, 6) is 0. The van der Waals surface area contributed by atoms with Crippen LogP contribution in [0.5, 0.6) is 0 Å². The van der Waals surface area contributed by atoms with Gasteiger partial charge in [0.25, 0.3) is 0 Å². The number of para-hydroxylation sites is 3. The highest BCUT2D eigenvalue weighted by Crippen LogP contribution is 2.49. The van der Waals surface area contributed by atoms with Crippen molar-refractivity contribution < 1.29 is 0 Å². The molecule has 2 aromatic heterocycles.